The number of hydrogen-bond donors (Lipinski definition) is 1. The number of sulfonamides is 1. The first kappa shape index (κ1) is 24.5. The second kappa shape index (κ2) is 9.53. The second-order valence-corrected chi connectivity index (χ2v) is 11.8. The molecule has 34 heavy (non-hydrogen) atoms. The lowest BCUT2D eigenvalue weighted by molar-refractivity contribution is 0.0694. The number of piperazine rings is 1. The first-order valence-corrected chi connectivity index (χ1v) is 13.2. The van der Waals surface area contributed by atoms with Crippen LogP contribution in [0.5, 0.6) is 5.75 Å². The molecule has 2 aromatic carbocycles. The maximum atomic E-state index is 13.2. The van der Waals surface area contributed by atoms with Crippen molar-refractivity contribution in [3.05, 3.63) is 58.6 Å². The molecule has 0 aliphatic carbocycles. The summed E-state index contributed by atoms with van der Waals surface area (Å²) in [5.74, 6) is 0.459. The summed E-state index contributed by atoms with van der Waals surface area (Å²) in [7, 11) is 1.36. The van der Waals surface area contributed by atoms with Crippen molar-refractivity contribution < 1.29 is 17.9 Å². The molecule has 1 aliphatic rings. The summed E-state index contributed by atoms with van der Waals surface area (Å²) in [4.78, 5) is 16.5. The molecule has 1 aliphatic heterocycles. The fourth-order valence-corrected chi connectivity index (χ4v) is 7.06. The number of amides is 1. The number of nitrogens with zero attached hydrogens (tertiary/aromatic N) is 3. The number of rotatable bonds is 5. The van der Waals surface area contributed by atoms with Crippen LogP contribution in [0.15, 0.2) is 46.7 Å². The molecule has 2 heterocycles. The molecule has 1 fully saturated rings. The van der Waals surface area contributed by atoms with Gasteiger partial charge in [-0.05, 0) is 35.7 Å². The number of methoxy groups -OCH3 is 1. The van der Waals surface area contributed by atoms with Gasteiger partial charge in [0, 0.05) is 55.6 Å². The predicted octanol–water partition coefficient (Wildman–Crippen LogP) is 3.60. The van der Waals surface area contributed by atoms with E-state index in [1.807, 2.05) is 6.07 Å². The van der Waals surface area contributed by atoms with Gasteiger partial charge in [-0.3, -0.25) is 10.2 Å². The number of carbonyl (C=O) groups excluding carboxylic acids is 1. The van der Waals surface area contributed by atoms with Gasteiger partial charge in [-0.15, -0.1) is 11.3 Å². The minimum atomic E-state index is -3.67. The molecule has 1 N–H and O–H groups in total. The van der Waals surface area contributed by atoms with Gasteiger partial charge in [-0.25, -0.2) is 8.42 Å². The first-order chi connectivity index (χ1) is 16.1. The Bertz CT molecular complexity index is 1360. The summed E-state index contributed by atoms with van der Waals surface area (Å²) >= 11 is 7.23. The molecule has 0 bridgehead atoms. The molecule has 0 spiro atoms. The van der Waals surface area contributed by atoms with Crippen LogP contribution in [-0.2, 0) is 10.0 Å². The smallest absolute Gasteiger partial charge is 0.257 e. The van der Waals surface area contributed by atoms with Crippen molar-refractivity contribution in [2.45, 2.75) is 4.21 Å². The molecule has 11 heteroatoms. The fourth-order valence-electron chi connectivity index (χ4n) is 3.81. The lowest BCUT2D eigenvalue weighted by atomic mass is 10.1. The maximum Gasteiger partial charge on any atom is 0.257 e. The third-order valence-corrected chi connectivity index (χ3v) is 9.41. The van der Waals surface area contributed by atoms with E-state index in [4.69, 9.17) is 21.7 Å². The number of ether oxygens (including phenoxy) is 1. The Kier molecular flexibility index (Phi) is 6.86. The van der Waals surface area contributed by atoms with E-state index in [2.05, 4.69) is 0 Å². The van der Waals surface area contributed by atoms with E-state index in [0.717, 1.165) is 10.1 Å². The molecule has 1 amide bonds. The Morgan fingerprint density at radius 2 is 1.79 bits per heavy atom. The van der Waals surface area contributed by atoms with Crippen LogP contribution < -0.4 is 4.74 Å². The standard InChI is InChI=1S/C23H25ClN4O4S2/c1-26(2)22(25)16-5-7-18(19(12-16)32-3)23(29)27-8-10-28(11-9-27)34(30,31)21-13-15-4-6-17(24)14-20(15)33-21/h4-7,12-14,25H,8-11H2,1-3H3. The topological polar surface area (TPSA) is 94.0 Å². The molecule has 4 rings (SSSR count). The van der Waals surface area contributed by atoms with Crippen LogP contribution in [0.4, 0.5) is 0 Å². The highest BCUT2D eigenvalue weighted by atomic mass is 35.5. The molecule has 1 saturated heterocycles. The zero-order valence-corrected chi connectivity index (χ0v) is 21.4. The summed E-state index contributed by atoms with van der Waals surface area (Å²) in [5.41, 5.74) is 1.02. The van der Waals surface area contributed by atoms with Crippen LogP contribution in [-0.4, -0.2) is 81.6 Å². The number of carbonyl (C=O) groups is 1. The van der Waals surface area contributed by atoms with Gasteiger partial charge >= 0.3 is 0 Å². The summed E-state index contributed by atoms with van der Waals surface area (Å²) in [5, 5.41) is 9.53. The van der Waals surface area contributed by atoms with Gasteiger partial charge < -0.3 is 14.5 Å². The van der Waals surface area contributed by atoms with Crippen molar-refractivity contribution >= 4 is 54.8 Å². The number of fused-ring (bicyclic) bond motifs is 1. The lowest BCUT2D eigenvalue weighted by Crippen LogP contribution is -2.50. The predicted molar refractivity (Wildman–Crippen MR) is 135 cm³/mol. The molecular formula is C23H25ClN4O4S2. The van der Waals surface area contributed by atoms with E-state index < -0.39 is 10.0 Å². The monoisotopic (exact) mass is 520 g/mol. The third kappa shape index (κ3) is 4.63. The normalized spacial score (nSPS) is 14.9. The molecule has 1 aromatic heterocycles. The average molecular weight is 521 g/mol. The quantitative estimate of drug-likeness (QED) is 0.410. The van der Waals surface area contributed by atoms with Gasteiger partial charge in [0.05, 0.1) is 12.7 Å². The summed E-state index contributed by atoms with van der Waals surface area (Å²) < 4.78 is 34.3. The highest BCUT2D eigenvalue weighted by molar-refractivity contribution is 7.91. The van der Waals surface area contributed by atoms with Gasteiger partial charge in [-0.1, -0.05) is 23.7 Å². The number of nitrogens with one attached hydrogen (secondary N) is 1. The Morgan fingerprint density at radius 1 is 1.09 bits per heavy atom. The SMILES string of the molecule is COc1cc(C(=N)N(C)C)ccc1C(=O)N1CCN(S(=O)(=O)c2cc3ccc(Cl)cc3s2)CC1. The average Bonchev–Trinajstić information content (AvgIpc) is 3.27. The summed E-state index contributed by atoms with van der Waals surface area (Å²) in [6.07, 6.45) is 0. The minimum absolute atomic E-state index is 0.203. The van der Waals surface area contributed by atoms with E-state index in [1.165, 1.54) is 22.8 Å². The maximum absolute atomic E-state index is 13.2. The number of benzene rings is 2. The highest BCUT2D eigenvalue weighted by Gasteiger charge is 2.32. The molecular weight excluding hydrogens is 496 g/mol. The van der Waals surface area contributed by atoms with Crippen molar-refractivity contribution in [2.75, 3.05) is 47.4 Å². The van der Waals surface area contributed by atoms with E-state index >= 15 is 0 Å². The Labute approximate surface area is 207 Å². The number of amidine groups is 1. The summed E-state index contributed by atoms with van der Waals surface area (Å²) in [6.45, 7) is 0.948. The van der Waals surface area contributed by atoms with Gasteiger partial charge in [0.25, 0.3) is 15.9 Å². The van der Waals surface area contributed by atoms with Crippen molar-refractivity contribution in [1.29, 1.82) is 5.41 Å². The first-order valence-electron chi connectivity index (χ1n) is 10.5. The van der Waals surface area contributed by atoms with Crippen LogP contribution in [0.3, 0.4) is 0 Å². The lowest BCUT2D eigenvalue weighted by Gasteiger charge is -2.34. The van der Waals surface area contributed by atoms with Crippen molar-refractivity contribution in [2.24, 2.45) is 0 Å². The Balaban J connectivity index is 1.48. The fraction of sp³-hybridized carbons (Fsp3) is 0.304. The third-order valence-electron chi connectivity index (χ3n) is 5.73. The number of halogens is 1. The van der Waals surface area contributed by atoms with Gasteiger partial charge in [0.15, 0.2) is 0 Å². The van der Waals surface area contributed by atoms with E-state index in [-0.39, 0.29) is 36.3 Å². The van der Waals surface area contributed by atoms with Crippen LogP contribution in [0.1, 0.15) is 15.9 Å². The van der Waals surface area contributed by atoms with Crippen molar-refractivity contribution in [3.63, 3.8) is 0 Å². The Hall–Kier alpha value is -2.66. The molecule has 0 atom stereocenters. The zero-order chi connectivity index (χ0) is 24.6. The molecule has 0 saturated carbocycles. The van der Waals surface area contributed by atoms with Crippen LogP contribution in [0.2, 0.25) is 5.02 Å². The van der Waals surface area contributed by atoms with Gasteiger partial charge in [0.1, 0.15) is 15.8 Å². The van der Waals surface area contributed by atoms with Crippen LogP contribution in [0, 0.1) is 5.41 Å². The molecule has 180 valence electrons. The second-order valence-electron chi connectivity index (χ2n) is 8.10. The van der Waals surface area contributed by atoms with Crippen LogP contribution in [0.25, 0.3) is 10.1 Å². The molecule has 0 radical (unpaired) electrons. The van der Waals surface area contributed by atoms with E-state index in [0.29, 0.717) is 27.7 Å². The molecule has 8 nitrogen and oxygen atoms in total. The largest absolute Gasteiger partial charge is 0.496 e. The zero-order valence-electron chi connectivity index (χ0n) is 19.0. The minimum Gasteiger partial charge on any atom is -0.496 e. The van der Waals surface area contributed by atoms with Gasteiger partial charge in [0.2, 0.25) is 0 Å². The molecule has 0 unspecified atom stereocenters. The van der Waals surface area contributed by atoms with Crippen LogP contribution >= 0.6 is 22.9 Å². The van der Waals surface area contributed by atoms with E-state index in [1.54, 1.807) is 60.3 Å². The molecule has 3 aromatic rings. The van der Waals surface area contributed by atoms with Crippen molar-refractivity contribution in [3.8, 4) is 5.75 Å². The Morgan fingerprint density at radius 3 is 2.44 bits per heavy atom. The number of thiophene rings is 1. The number of hydrogen-bond acceptors (Lipinski definition) is 6. The van der Waals surface area contributed by atoms with Crippen molar-refractivity contribution in [1.82, 2.24) is 14.1 Å². The van der Waals surface area contributed by atoms with E-state index in [9.17, 15) is 13.2 Å². The highest BCUT2D eigenvalue weighted by Crippen LogP contribution is 2.33. The van der Waals surface area contributed by atoms with Gasteiger partial charge in [-0.2, -0.15) is 4.31 Å². The summed E-state index contributed by atoms with van der Waals surface area (Å²) in [6, 6.07) is 12.0.